The van der Waals surface area contributed by atoms with Gasteiger partial charge in [-0.05, 0) is 37.1 Å². The van der Waals surface area contributed by atoms with Gasteiger partial charge in [0.25, 0.3) is 0 Å². The Kier molecular flexibility index (Phi) is 6.04. The normalized spacial score (nSPS) is 11.9. The average molecular weight is 451 g/mol. The molecule has 0 aliphatic heterocycles. The molecule has 24 heavy (non-hydrogen) atoms. The molecule has 0 radical (unpaired) electrons. The SMILES string of the molecule is CCCCC(CCCC)n1c2cc(Br)ccc2c2ccc(Br)cc21. The molecule has 1 aromatic heterocycles. The van der Waals surface area contributed by atoms with Crippen LogP contribution in [0.2, 0.25) is 0 Å². The Bertz CT molecular complexity index is 767. The molecule has 0 N–H and O–H groups in total. The monoisotopic (exact) mass is 449 g/mol. The maximum atomic E-state index is 3.67. The topological polar surface area (TPSA) is 4.93 Å². The van der Waals surface area contributed by atoms with E-state index in [-0.39, 0.29) is 0 Å². The fourth-order valence-corrected chi connectivity index (χ4v) is 4.37. The van der Waals surface area contributed by atoms with Gasteiger partial charge in [0.1, 0.15) is 0 Å². The van der Waals surface area contributed by atoms with Crippen molar-refractivity contribution in [2.75, 3.05) is 0 Å². The Morgan fingerprint density at radius 2 is 1.25 bits per heavy atom. The summed E-state index contributed by atoms with van der Waals surface area (Å²) in [4.78, 5) is 0. The molecule has 0 unspecified atom stereocenters. The van der Waals surface area contributed by atoms with Crippen molar-refractivity contribution < 1.29 is 0 Å². The fourth-order valence-electron chi connectivity index (χ4n) is 3.67. The predicted molar refractivity (Wildman–Crippen MR) is 113 cm³/mol. The van der Waals surface area contributed by atoms with Crippen LogP contribution in [0.5, 0.6) is 0 Å². The van der Waals surface area contributed by atoms with Crippen LogP contribution in [-0.4, -0.2) is 4.57 Å². The van der Waals surface area contributed by atoms with Crippen molar-refractivity contribution in [1.82, 2.24) is 4.57 Å². The first-order chi connectivity index (χ1) is 11.7. The maximum Gasteiger partial charge on any atom is 0.0505 e. The maximum absolute atomic E-state index is 3.67. The minimum atomic E-state index is 0.577. The summed E-state index contributed by atoms with van der Waals surface area (Å²) in [6, 6.07) is 14.0. The van der Waals surface area contributed by atoms with Gasteiger partial charge in [-0.1, -0.05) is 83.5 Å². The molecule has 3 rings (SSSR count). The first kappa shape index (κ1) is 18.0. The minimum Gasteiger partial charge on any atom is -0.337 e. The highest BCUT2D eigenvalue weighted by molar-refractivity contribution is 9.10. The first-order valence-electron chi connectivity index (χ1n) is 9.04. The second kappa shape index (κ2) is 8.05. The number of fused-ring (bicyclic) bond motifs is 3. The van der Waals surface area contributed by atoms with E-state index < -0.39 is 0 Å². The van der Waals surface area contributed by atoms with Crippen LogP contribution in [0.15, 0.2) is 45.3 Å². The van der Waals surface area contributed by atoms with Gasteiger partial charge in [0.05, 0.1) is 11.0 Å². The molecule has 1 nitrogen and oxygen atoms in total. The summed E-state index contributed by atoms with van der Waals surface area (Å²) in [6.45, 7) is 4.58. The lowest BCUT2D eigenvalue weighted by molar-refractivity contribution is 0.427. The van der Waals surface area contributed by atoms with Crippen LogP contribution in [0.25, 0.3) is 21.8 Å². The van der Waals surface area contributed by atoms with Gasteiger partial charge in [-0.25, -0.2) is 0 Å². The molecule has 0 atom stereocenters. The smallest absolute Gasteiger partial charge is 0.0505 e. The number of rotatable bonds is 7. The van der Waals surface area contributed by atoms with Gasteiger partial charge in [-0.15, -0.1) is 0 Å². The second-order valence-corrected chi connectivity index (χ2v) is 8.46. The number of benzene rings is 2. The van der Waals surface area contributed by atoms with E-state index in [9.17, 15) is 0 Å². The third-order valence-corrected chi connectivity index (χ3v) is 5.86. The molecule has 0 aliphatic rings. The lowest BCUT2D eigenvalue weighted by Gasteiger charge is -2.21. The zero-order chi connectivity index (χ0) is 17.1. The van der Waals surface area contributed by atoms with Gasteiger partial charge in [0, 0.05) is 25.8 Å². The Balaban J connectivity index is 2.23. The van der Waals surface area contributed by atoms with Gasteiger partial charge >= 0.3 is 0 Å². The summed E-state index contributed by atoms with van der Waals surface area (Å²) in [5.41, 5.74) is 2.71. The van der Waals surface area contributed by atoms with Gasteiger partial charge in [-0.2, -0.15) is 0 Å². The Morgan fingerprint density at radius 1 is 0.792 bits per heavy atom. The van der Waals surface area contributed by atoms with Crippen LogP contribution in [0.3, 0.4) is 0 Å². The predicted octanol–water partition coefficient (Wildman–Crippen LogP) is 8.24. The lowest BCUT2D eigenvalue weighted by atomic mass is 10.0. The summed E-state index contributed by atoms with van der Waals surface area (Å²) in [7, 11) is 0. The summed E-state index contributed by atoms with van der Waals surface area (Å²) in [6.07, 6.45) is 7.61. The van der Waals surface area contributed by atoms with E-state index in [0.717, 1.165) is 8.95 Å². The number of hydrogen-bond acceptors (Lipinski definition) is 0. The largest absolute Gasteiger partial charge is 0.337 e. The van der Waals surface area contributed by atoms with Gasteiger partial charge in [0.2, 0.25) is 0 Å². The van der Waals surface area contributed by atoms with Crippen molar-refractivity contribution in [2.45, 2.75) is 58.4 Å². The lowest BCUT2D eigenvalue weighted by Crippen LogP contribution is -2.09. The number of halogens is 2. The molecule has 0 aliphatic carbocycles. The van der Waals surface area contributed by atoms with Crippen LogP contribution in [0.1, 0.15) is 58.4 Å². The van der Waals surface area contributed by atoms with Crippen molar-refractivity contribution in [3.05, 3.63) is 45.3 Å². The van der Waals surface area contributed by atoms with E-state index in [2.05, 4.69) is 86.7 Å². The molecule has 0 saturated carbocycles. The van der Waals surface area contributed by atoms with E-state index in [1.807, 2.05) is 0 Å². The standard InChI is InChI=1S/C21H25Br2N/c1-3-5-7-17(8-6-4-2)24-20-13-15(22)9-11-18(20)19-12-10-16(23)14-21(19)24/h9-14,17H,3-8H2,1-2H3. The number of unbranched alkanes of at least 4 members (excludes halogenated alkanes) is 2. The molecule has 0 saturated heterocycles. The molecule has 0 spiro atoms. The van der Waals surface area contributed by atoms with Gasteiger partial charge in [-0.3, -0.25) is 0 Å². The van der Waals surface area contributed by atoms with Crippen LogP contribution >= 0.6 is 31.9 Å². The molecular weight excluding hydrogens is 426 g/mol. The van der Waals surface area contributed by atoms with Crippen molar-refractivity contribution in [1.29, 1.82) is 0 Å². The average Bonchev–Trinajstić information content (AvgIpc) is 2.87. The van der Waals surface area contributed by atoms with Crippen LogP contribution in [-0.2, 0) is 0 Å². The summed E-state index contributed by atoms with van der Waals surface area (Å²) >= 11 is 7.34. The first-order valence-corrected chi connectivity index (χ1v) is 10.6. The van der Waals surface area contributed by atoms with Crippen LogP contribution in [0.4, 0.5) is 0 Å². The van der Waals surface area contributed by atoms with Crippen molar-refractivity contribution in [3.8, 4) is 0 Å². The quantitative estimate of drug-likeness (QED) is 0.341. The summed E-state index contributed by atoms with van der Waals surface area (Å²) in [5.74, 6) is 0. The highest BCUT2D eigenvalue weighted by Crippen LogP contribution is 2.37. The molecule has 0 bridgehead atoms. The molecule has 3 aromatic rings. The van der Waals surface area contributed by atoms with Crippen molar-refractivity contribution in [2.24, 2.45) is 0 Å². The van der Waals surface area contributed by atoms with Crippen molar-refractivity contribution in [3.63, 3.8) is 0 Å². The highest BCUT2D eigenvalue weighted by Gasteiger charge is 2.18. The summed E-state index contributed by atoms with van der Waals surface area (Å²) < 4.78 is 4.91. The Morgan fingerprint density at radius 3 is 1.67 bits per heavy atom. The molecule has 0 fully saturated rings. The number of nitrogens with zero attached hydrogens (tertiary/aromatic N) is 1. The number of hydrogen-bond donors (Lipinski definition) is 0. The van der Waals surface area contributed by atoms with E-state index in [0.29, 0.717) is 6.04 Å². The van der Waals surface area contributed by atoms with E-state index >= 15 is 0 Å². The highest BCUT2D eigenvalue weighted by atomic mass is 79.9. The molecule has 1 heterocycles. The molecule has 3 heteroatoms. The van der Waals surface area contributed by atoms with Crippen LogP contribution < -0.4 is 0 Å². The van der Waals surface area contributed by atoms with Gasteiger partial charge < -0.3 is 4.57 Å². The number of aromatic nitrogens is 1. The van der Waals surface area contributed by atoms with Crippen LogP contribution in [0, 0.1) is 0 Å². The fraction of sp³-hybridized carbons (Fsp3) is 0.429. The van der Waals surface area contributed by atoms with E-state index in [1.54, 1.807) is 0 Å². The van der Waals surface area contributed by atoms with E-state index in [4.69, 9.17) is 0 Å². The Hall–Kier alpha value is -0.800. The van der Waals surface area contributed by atoms with Crippen molar-refractivity contribution >= 4 is 53.7 Å². The molecule has 2 aromatic carbocycles. The Labute approximate surface area is 161 Å². The van der Waals surface area contributed by atoms with E-state index in [1.165, 1.54) is 60.3 Å². The zero-order valence-corrected chi connectivity index (χ0v) is 17.7. The minimum absolute atomic E-state index is 0.577. The molecule has 128 valence electrons. The second-order valence-electron chi connectivity index (χ2n) is 6.63. The zero-order valence-electron chi connectivity index (χ0n) is 14.5. The third-order valence-electron chi connectivity index (χ3n) is 4.88. The molecule has 0 amide bonds. The third kappa shape index (κ3) is 3.57. The van der Waals surface area contributed by atoms with Gasteiger partial charge in [0.15, 0.2) is 0 Å². The molecular formula is C21H25Br2N. The summed E-state index contributed by atoms with van der Waals surface area (Å²) in [5, 5.41) is 2.72.